The van der Waals surface area contributed by atoms with E-state index in [-0.39, 0.29) is 5.41 Å². The van der Waals surface area contributed by atoms with Gasteiger partial charge in [-0.15, -0.1) is 0 Å². The maximum atomic E-state index is 2.38. The predicted octanol–water partition coefficient (Wildman–Crippen LogP) is 7.75. The fourth-order valence-electron chi connectivity index (χ4n) is 4.27. The van der Waals surface area contributed by atoms with Crippen molar-refractivity contribution >= 4 is 21.8 Å². The molecule has 0 N–H and O–H groups in total. The van der Waals surface area contributed by atoms with E-state index in [4.69, 9.17) is 0 Å². The second-order valence-electron chi connectivity index (χ2n) is 8.72. The second kappa shape index (κ2) is 6.63. The van der Waals surface area contributed by atoms with Gasteiger partial charge in [0.15, 0.2) is 0 Å². The van der Waals surface area contributed by atoms with Crippen molar-refractivity contribution in [2.45, 2.75) is 26.2 Å². The van der Waals surface area contributed by atoms with Gasteiger partial charge in [0.1, 0.15) is 0 Å². The molecule has 0 aliphatic carbocycles. The summed E-state index contributed by atoms with van der Waals surface area (Å²) in [5.41, 5.74) is 7.74. The highest BCUT2D eigenvalue weighted by Gasteiger charge is 2.18. The molecular formula is C28H25N. The van der Waals surface area contributed by atoms with Gasteiger partial charge < -0.3 is 4.57 Å². The molecule has 0 unspecified atom stereocenters. The van der Waals surface area contributed by atoms with Crippen LogP contribution in [0.15, 0.2) is 97.1 Å². The number of fused-ring (bicyclic) bond motifs is 3. The number of hydrogen-bond acceptors (Lipinski definition) is 0. The number of benzene rings is 4. The van der Waals surface area contributed by atoms with Gasteiger partial charge in [-0.2, -0.15) is 0 Å². The normalized spacial score (nSPS) is 12.0. The first-order chi connectivity index (χ1) is 14.0. The summed E-state index contributed by atoms with van der Waals surface area (Å²) >= 11 is 0. The molecule has 4 aromatic carbocycles. The van der Waals surface area contributed by atoms with Crippen LogP contribution in [0, 0.1) is 0 Å². The van der Waals surface area contributed by atoms with Gasteiger partial charge in [0.2, 0.25) is 0 Å². The summed E-state index contributed by atoms with van der Waals surface area (Å²) in [6.07, 6.45) is 0. The smallest absolute Gasteiger partial charge is 0.0547 e. The maximum Gasteiger partial charge on any atom is 0.0547 e. The van der Waals surface area contributed by atoms with Crippen LogP contribution in [0.3, 0.4) is 0 Å². The third-order valence-corrected chi connectivity index (χ3v) is 5.75. The van der Waals surface area contributed by atoms with E-state index in [0.717, 1.165) is 0 Å². The fraction of sp³-hybridized carbons (Fsp3) is 0.143. The van der Waals surface area contributed by atoms with E-state index >= 15 is 0 Å². The van der Waals surface area contributed by atoms with Crippen LogP contribution in [-0.2, 0) is 5.41 Å². The third-order valence-electron chi connectivity index (χ3n) is 5.75. The van der Waals surface area contributed by atoms with Crippen molar-refractivity contribution in [2.24, 2.45) is 0 Å². The van der Waals surface area contributed by atoms with Crippen molar-refractivity contribution < 1.29 is 0 Å². The Bertz CT molecular complexity index is 1320. The highest BCUT2D eigenvalue weighted by Crippen LogP contribution is 2.39. The SMILES string of the molecule is CC(C)(C)c1cccc(-c2cccc3c2c2ccccc2n3-c2ccccc2)c1. The van der Waals surface area contributed by atoms with E-state index in [0.29, 0.717) is 0 Å². The standard InChI is InChI=1S/C28H25N/c1-28(2,3)21-12-9-11-20(19-21)23-16-10-18-26-27(23)24-15-7-8-17-25(24)29(26)22-13-5-4-6-14-22/h4-19H,1-3H3. The summed E-state index contributed by atoms with van der Waals surface area (Å²) in [5, 5.41) is 2.61. The Morgan fingerprint density at radius 3 is 2.10 bits per heavy atom. The lowest BCUT2D eigenvalue weighted by Crippen LogP contribution is -2.10. The lowest BCUT2D eigenvalue weighted by molar-refractivity contribution is 0.590. The van der Waals surface area contributed by atoms with Gasteiger partial charge in [0, 0.05) is 16.5 Å². The minimum atomic E-state index is 0.127. The first kappa shape index (κ1) is 17.8. The highest BCUT2D eigenvalue weighted by atomic mass is 15.0. The summed E-state index contributed by atoms with van der Waals surface area (Å²) < 4.78 is 2.38. The van der Waals surface area contributed by atoms with E-state index in [1.807, 2.05) is 0 Å². The van der Waals surface area contributed by atoms with Crippen molar-refractivity contribution in [3.8, 4) is 16.8 Å². The van der Waals surface area contributed by atoms with Crippen molar-refractivity contribution in [1.82, 2.24) is 4.57 Å². The van der Waals surface area contributed by atoms with Gasteiger partial charge >= 0.3 is 0 Å². The first-order valence-electron chi connectivity index (χ1n) is 10.2. The highest BCUT2D eigenvalue weighted by molar-refractivity contribution is 6.15. The van der Waals surface area contributed by atoms with E-state index in [1.54, 1.807) is 0 Å². The summed E-state index contributed by atoms with van der Waals surface area (Å²) in [6.45, 7) is 6.82. The van der Waals surface area contributed by atoms with E-state index in [9.17, 15) is 0 Å². The van der Waals surface area contributed by atoms with Gasteiger partial charge in [-0.1, -0.05) is 93.6 Å². The van der Waals surface area contributed by atoms with Crippen molar-refractivity contribution in [3.05, 3.63) is 103 Å². The number of para-hydroxylation sites is 2. The number of nitrogens with zero attached hydrogens (tertiary/aromatic N) is 1. The van der Waals surface area contributed by atoms with Crippen LogP contribution in [0.2, 0.25) is 0 Å². The molecule has 29 heavy (non-hydrogen) atoms. The molecule has 1 heterocycles. The Morgan fingerprint density at radius 1 is 0.621 bits per heavy atom. The van der Waals surface area contributed by atoms with E-state index < -0.39 is 0 Å². The van der Waals surface area contributed by atoms with Crippen LogP contribution in [0.1, 0.15) is 26.3 Å². The van der Waals surface area contributed by atoms with Gasteiger partial charge in [0.25, 0.3) is 0 Å². The molecular weight excluding hydrogens is 350 g/mol. The Hall–Kier alpha value is -3.32. The molecule has 1 aromatic heterocycles. The number of aromatic nitrogens is 1. The summed E-state index contributed by atoms with van der Waals surface area (Å²) in [5.74, 6) is 0. The molecule has 1 heteroatoms. The summed E-state index contributed by atoms with van der Waals surface area (Å²) in [6, 6.07) is 35.0. The molecule has 0 saturated carbocycles. The minimum absolute atomic E-state index is 0.127. The van der Waals surface area contributed by atoms with Crippen LogP contribution in [-0.4, -0.2) is 4.57 Å². The molecule has 5 aromatic rings. The quantitative estimate of drug-likeness (QED) is 0.297. The molecule has 142 valence electrons. The van der Waals surface area contributed by atoms with Gasteiger partial charge in [0.05, 0.1) is 11.0 Å². The molecule has 0 fully saturated rings. The van der Waals surface area contributed by atoms with Crippen LogP contribution < -0.4 is 0 Å². The van der Waals surface area contributed by atoms with E-state index in [1.165, 1.54) is 44.2 Å². The predicted molar refractivity (Wildman–Crippen MR) is 125 cm³/mol. The Balaban J connectivity index is 1.87. The average Bonchev–Trinajstić information content (AvgIpc) is 3.08. The lowest BCUT2D eigenvalue weighted by Gasteiger charge is -2.20. The molecule has 0 aliphatic rings. The van der Waals surface area contributed by atoms with E-state index in [2.05, 4.69) is 122 Å². The van der Waals surface area contributed by atoms with Gasteiger partial charge in [-0.25, -0.2) is 0 Å². The van der Waals surface area contributed by atoms with Gasteiger partial charge in [-0.05, 0) is 46.4 Å². The molecule has 0 aliphatic heterocycles. The molecule has 1 nitrogen and oxygen atoms in total. The third kappa shape index (κ3) is 2.94. The zero-order valence-electron chi connectivity index (χ0n) is 17.2. The molecule has 0 saturated heterocycles. The zero-order valence-corrected chi connectivity index (χ0v) is 17.2. The summed E-state index contributed by atoms with van der Waals surface area (Å²) in [7, 11) is 0. The van der Waals surface area contributed by atoms with Crippen LogP contribution >= 0.6 is 0 Å². The molecule has 0 radical (unpaired) electrons. The van der Waals surface area contributed by atoms with Crippen molar-refractivity contribution in [3.63, 3.8) is 0 Å². The van der Waals surface area contributed by atoms with Crippen LogP contribution in [0.5, 0.6) is 0 Å². The Morgan fingerprint density at radius 2 is 1.31 bits per heavy atom. The monoisotopic (exact) mass is 375 g/mol. The Labute approximate surface area is 172 Å². The largest absolute Gasteiger partial charge is 0.309 e. The number of rotatable bonds is 2. The average molecular weight is 376 g/mol. The van der Waals surface area contributed by atoms with Crippen LogP contribution in [0.4, 0.5) is 0 Å². The van der Waals surface area contributed by atoms with Crippen molar-refractivity contribution in [2.75, 3.05) is 0 Å². The van der Waals surface area contributed by atoms with Gasteiger partial charge in [-0.3, -0.25) is 0 Å². The molecule has 0 atom stereocenters. The Kier molecular flexibility index (Phi) is 4.06. The van der Waals surface area contributed by atoms with Crippen LogP contribution in [0.25, 0.3) is 38.6 Å². The topological polar surface area (TPSA) is 4.93 Å². The minimum Gasteiger partial charge on any atom is -0.309 e. The molecule has 0 bridgehead atoms. The molecule has 5 rings (SSSR count). The second-order valence-corrected chi connectivity index (χ2v) is 8.72. The maximum absolute atomic E-state index is 2.38. The zero-order chi connectivity index (χ0) is 20.0. The molecule has 0 spiro atoms. The first-order valence-corrected chi connectivity index (χ1v) is 10.2. The summed E-state index contributed by atoms with van der Waals surface area (Å²) in [4.78, 5) is 0. The lowest BCUT2D eigenvalue weighted by atomic mass is 9.85. The van der Waals surface area contributed by atoms with Crippen molar-refractivity contribution in [1.29, 1.82) is 0 Å². The molecule has 0 amide bonds. The fourth-order valence-corrected chi connectivity index (χ4v) is 4.27. The number of hydrogen-bond donors (Lipinski definition) is 0.